The highest BCUT2D eigenvalue weighted by molar-refractivity contribution is 7.11. The van der Waals surface area contributed by atoms with Gasteiger partial charge in [-0.1, -0.05) is 6.42 Å². The van der Waals surface area contributed by atoms with E-state index in [1.54, 1.807) is 11.3 Å². The van der Waals surface area contributed by atoms with Crippen LogP contribution in [0.15, 0.2) is 12.1 Å². The normalized spacial score (nSPS) is 20.9. The Bertz CT molecular complexity index is 380. The van der Waals surface area contributed by atoms with Gasteiger partial charge in [0.25, 0.3) is 0 Å². The molecule has 1 aromatic rings. The lowest BCUT2D eigenvalue weighted by atomic mass is 10.0. The molecular formula is C12H18ClNO2S. The Morgan fingerprint density at radius 2 is 2.29 bits per heavy atom. The molecule has 1 unspecified atom stereocenters. The molecule has 5 heteroatoms. The monoisotopic (exact) mass is 275 g/mol. The van der Waals surface area contributed by atoms with Gasteiger partial charge in [0.05, 0.1) is 0 Å². The number of piperidine rings is 1. The summed E-state index contributed by atoms with van der Waals surface area (Å²) in [5, 5.41) is 9.15. The molecule has 0 amide bonds. The summed E-state index contributed by atoms with van der Waals surface area (Å²) in [7, 11) is 0. The van der Waals surface area contributed by atoms with Gasteiger partial charge < -0.3 is 5.11 Å². The van der Waals surface area contributed by atoms with Gasteiger partial charge in [-0.3, -0.25) is 9.69 Å². The molecule has 1 atom stereocenters. The highest BCUT2D eigenvalue weighted by atomic mass is 35.5. The number of carbonyl (C=O) groups is 1. The molecule has 1 saturated heterocycles. The van der Waals surface area contributed by atoms with Crippen LogP contribution in [0.2, 0.25) is 0 Å². The van der Waals surface area contributed by atoms with Gasteiger partial charge >= 0.3 is 5.97 Å². The maximum atomic E-state index is 11.1. The van der Waals surface area contributed by atoms with E-state index in [0.29, 0.717) is 0 Å². The van der Waals surface area contributed by atoms with Gasteiger partial charge in [0.15, 0.2) is 0 Å². The predicted octanol–water partition coefficient (Wildman–Crippen LogP) is 2.92. The summed E-state index contributed by atoms with van der Waals surface area (Å²) < 4.78 is 0. The minimum atomic E-state index is -0.673. The molecule has 1 aromatic heterocycles. The van der Waals surface area contributed by atoms with Crippen LogP contribution in [0.3, 0.4) is 0 Å². The Kier molecular flexibility index (Phi) is 5.43. The molecule has 2 rings (SSSR count). The molecule has 0 aromatic carbocycles. The smallest absolute Gasteiger partial charge is 0.320 e. The van der Waals surface area contributed by atoms with Gasteiger partial charge in [-0.05, 0) is 38.4 Å². The number of likely N-dealkylation sites (tertiary alicyclic amines) is 1. The average Bonchev–Trinajstić information content (AvgIpc) is 2.64. The van der Waals surface area contributed by atoms with Crippen molar-refractivity contribution in [1.82, 2.24) is 4.90 Å². The number of nitrogens with zero attached hydrogens (tertiary/aromatic N) is 1. The summed E-state index contributed by atoms with van der Waals surface area (Å²) in [6.07, 6.45) is 2.95. The first kappa shape index (κ1) is 14.5. The second-order valence-electron chi connectivity index (χ2n) is 4.33. The van der Waals surface area contributed by atoms with Crippen LogP contribution in [0.5, 0.6) is 0 Å². The van der Waals surface area contributed by atoms with Crippen LogP contribution in [0.4, 0.5) is 0 Å². The zero-order chi connectivity index (χ0) is 11.5. The van der Waals surface area contributed by atoms with E-state index in [1.165, 1.54) is 9.75 Å². The van der Waals surface area contributed by atoms with E-state index in [4.69, 9.17) is 5.11 Å². The van der Waals surface area contributed by atoms with Crippen LogP contribution >= 0.6 is 23.7 Å². The standard InChI is InChI=1S/C12H17NO2S.ClH/c1-9-5-6-10(16-9)8-13-7-3-2-4-11(13)12(14)15;/h5-6,11H,2-4,7-8H2,1H3,(H,14,15);1H. The zero-order valence-corrected chi connectivity index (χ0v) is 11.5. The highest BCUT2D eigenvalue weighted by Gasteiger charge is 2.28. The first-order valence-electron chi connectivity index (χ1n) is 5.69. The van der Waals surface area contributed by atoms with Crippen molar-refractivity contribution in [3.05, 3.63) is 21.9 Å². The Labute approximate surface area is 112 Å². The number of halogens is 1. The first-order valence-corrected chi connectivity index (χ1v) is 6.50. The second-order valence-corrected chi connectivity index (χ2v) is 5.71. The van der Waals surface area contributed by atoms with Crippen LogP contribution in [0.25, 0.3) is 0 Å². The Balaban J connectivity index is 0.00000144. The van der Waals surface area contributed by atoms with E-state index >= 15 is 0 Å². The molecule has 17 heavy (non-hydrogen) atoms. The molecule has 0 radical (unpaired) electrons. The van der Waals surface area contributed by atoms with Crippen molar-refractivity contribution >= 4 is 29.7 Å². The fraction of sp³-hybridized carbons (Fsp3) is 0.583. The number of hydrogen-bond acceptors (Lipinski definition) is 3. The van der Waals surface area contributed by atoms with E-state index in [0.717, 1.165) is 32.4 Å². The lowest BCUT2D eigenvalue weighted by Crippen LogP contribution is -2.43. The third kappa shape index (κ3) is 3.69. The Morgan fingerprint density at radius 1 is 1.53 bits per heavy atom. The first-order chi connectivity index (χ1) is 7.66. The van der Waals surface area contributed by atoms with E-state index in [9.17, 15) is 4.79 Å². The van der Waals surface area contributed by atoms with Crippen molar-refractivity contribution in [2.45, 2.75) is 38.8 Å². The summed E-state index contributed by atoms with van der Waals surface area (Å²) >= 11 is 1.76. The number of aliphatic carboxylic acids is 1. The van der Waals surface area contributed by atoms with Gasteiger partial charge in [0.1, 0.15) is 6.04 Å². The third-order valence-electron chi connectivity index (χ3n) is 3.05. The molecule has 0 spiro atoms. The molecule has 96 valence electrons. The summed E-state index contributed by atoms with van der Waals surface area (Å²) in [6.45, 7) is 3.78. The van der Waals surface area contributed by atoms with Crippen molar-refractivity contribution in [1.29, 1.82) is 0 Å². The lowest BCUT2D eigenvalue weighted by molar-refractivity contribution is -0.144. The number of hydrogen-bond donors (Lipinski definition) is 1. The topological polar surface area (TPSA) is 40.5 Å². The van der Waals surface area contributed by atoms with Gasteiger partial charge in [0.2, 0.25) is 0 Å². The van der Waals surface area contributed by atoms with Crippen molar-refractivity contribution in [2.24, 2.45) is 0 Å². The molecule has 0 aliphatic carbocycles. The predicted molar refractivity (Wildman–Crippen MR) is 72.0 cm³/mol. The Hall–Kier alpha value is -0.580. The lowest BCUT2D eigenvalue weighted by Gasteiger charge is -2.32. The molecule has 0 saturated carbocycles. The quantitative estimate of drug-likeness (QED) is 0.922. The van der Waals surface area contributed by atoms with Gasteiger partial charge in [0, 0.05) is 16.3 Å². The van der Waals surface area contributed by atoms with Crippen molar-refractivity contribution in [3.8, 4) is 0 Å². The van der Waals surface area contributed by atoms with E-state index in [-0.39, 0.29) is 18.4 Å². The van der Waals surface area contributed by atoms with Crippen LogP contribution in [-0.4, -0.2) is 28.6 Å². The SMILES string of the molecule is Cc1ccc(CN2CCCCC2C(=O)O)s1.Cl. The van der Waals surface area contributed by atoms with Gasteiger partial charge in [-0.25, -0.2) is 0 Å². The molecule has 1 aliphatic heterocycles. The summed E-state index contributed by atoms with van der Waals surface area (Å²) in [4.78, 5) is 15.8. The van der Waals surface area contributed by atoms with Crippen molar-refractivity contribution < 1.29 is 9.90 Å². The highest BCUT2D eigenvalue weighted by Crippen LogP contribution is 2.23. The largest absolute Gasteiger partial charge is 0.480 e. The maximum absolute atomic E-state index is 11.1. The fourth-order valence-electron chi connectivity index (χ4n) is 2.23. The van der Waals surface area contributed by atoms with Crippen LogP contribution < -0.4 is 0 Å². The van der Waals surface area contributed by atoms with E-state index in [2.05, 4.69) is 24.0 Å². The fourth-order valence-corrected chi connectivity index (χ4v) is 3.15. The molecular weight excluding hydrogens is 258 g/mol. The Morgan fingerprint density at radius 3 is 2.88 bits per heavy atom. The van der Waals surface area contributed by atoms with Crippen LogP contribution in [0, 0.1) is 6.92 Å². The van der Waals surface area contributed by atoms with Crippen LogP contribution in [0.1, 0.15) is 29.0 Å². The van der Waals surface area contributed by atoms with Gasteiger partial charge in [-0.2, -0.15) is 0 Å². The van der Waals surface area contributed by atoms with E-state index < -0.39 is 5.97 Å². The maximum Gasteiger partial charge on any atom is 0.320 e. The minimum Gasteiger partial charge on any atom is -0.480 e. The molecule has 2 heterocycles. The number of aryl methyl sites for hydroxylation is 1. The molecule has 1 aliphatic rings. The zero-order valence-electron chi connectivity index (χ0n) is 9.89. The number of thiophene rings is 1. The average molecular weight is 276 g/mol. The molecule has 3 nitrogen and oxygen atoms in total. The second kappa shape index (κ2) is 6.38. The molecule has 0 bridgehead atoms. The van der Waals surface area contributed by atoms with Gasteiger partial charge in [-0.15, -0.1) is 23.7 Å². The summed E-state index contributed by atoms with van der Waals surface area (Å²) in [5.74, 6) is -0.673. The molecule has 1 fully saturated rings. The van der Waals surface area contributed by atoms with Crippen LogP contribution in [-0.2, 0) is 11.3 Å². The molecule has 1 N–H and O–H groups in total. The van der Waals surface area contributed by atoms with Crippen molar-refractivity contribution in [3.63, 3.8) is 0 Å². The van der Waals surface area contributed by atoms with Crippen molar-refractivity contribution in [2.75, 3.05) is 6.54 Å². The summed E-state index contributed by atoms with van der Waals surface area (Å²) in [6, 6.07) is 3.92. The van der Waals surface area contributed by atoms with E-state index in [1.807, 2.05) is 0 Å². The summed E-state index contributed by atoms with van der Waals surface area (Å²) in [5.41, 5.74) is 0. The third-order valence-corrected chi connectivity index (χ3v) is 4.04. The number of carboxylic acids is 1. The minimum absolute atomic E-state index is 0. The number of carboxylic acid groups (broad SMARTS) is 1. The number of rotatable bonds is 3.